The highest BCUT2D eigenvalue weighted by Gasteiger charge is 2.74. The number of carbonyl (C=O) groups excluding carboxylic acids is 1. The van der Waals surface area contributed by atoms with Crippen molar-refractivity contribution in [1.82, 2.24) is 0 Å². The van der Waals surface area contributed by atoms with Gasteiger partial charge >= 0.3 is 5.97 Å². The van der Waals surface area contributed by atoms with Crippen LogP contribution in [0.4, 0.5) is 0 Å². The quantitative estimate of drug-likeness (QED) is 0.0365. The lowest BCUT2D eigenvalue weighted by Crippen LogP contribution is -2.72. The van der Waals surface area contributed by atoms with E-state index < -0.39 is 281 Å². The van der Waals surface area contributed by atoms with Crippen molar-refractivity contribution >= 4 is 5.97 Å². The normalized spacial score (nSPS) is 54.0. The third kappa shape index (κ3) is 12.3. The Kier molecular flexibility index (Phi) is 21.8. The molecule has 0 bridgehead atoms. The minimum Gasteiger partial charge on any atom is -0.432 e. The second kappa shape index (κ2) is 27.9. The summed E-state index contributed by atoms with van der Waals surface area (Å²) in [6.45, 7) is 6.04. The molecule has 11 rings (SSSR count). The molecule has 552 valence electrons. The van der Waals surface area contributed by atoms with Gasteiger partial charge in [-0.05, 0) is 97.7 Å². The Morgan fingerprint density at radius 1 is 0.531 bits per heavy atom. The van der Waals surface area contributed by atoms with Gasteiger partial charge in [-0.1, -0.05) is 46.3 Å². The molecule has 6 saturated heterocycles. The Morgan fingerprint density at radius 3 is 1.76 bits per heavy atom. The van der Waals surface area contributed by atoms with Crippen LogP contribution in [0.2, 0.25) is 0 Å². The van der Waals surface area contributed by atoms with Gasteiger partial charge in [0.1, 0.15) is 115 Å². The molecule has 33 nitrogen and oxygen atoms in total. The molecular formula is C63H102O33. The molecule has 0 unspecified atom stereocenters. The van der Waals surface area contributed by atoms with E-state index in [1.54, 1.807) is 0 Å². The number of allylic oxidation sites excluding steroid dienone is 2. The summed E-state index contributed by atoms with van der Waals surface area (Å²) < 4.78 is 70.3. The van der Waals surface area contributed by atoms with Gasteiger partial charge in [0.2, 0.25) is 6.29 Å². The summed E-state index contributed by atoms with van der Waals surface area (Å²) in [4.78, 5) is 15.6. The number of carbonyl (C=O) groups is 1. The molecule has 0 aromatic carbocycles. The zero-order valence-corrected chi connectivity index (χ0v) is 54.5. The van der Waals surface area contributed by atoms with Crippen LogP contribution in [0.25, 0.3) is 0 Å². The van der Waals surface area contributed by atoms with Gasteiger partial charge in [0, 0.05) is 5.41 Å². The number of esters is 1. The van der Waals surface area contributed by atoms with E-state index in [4.69, 9.17) is 56.8 Å². The summed E-state index contributed by atoms with van der Waals surface area (Å²) in [5, 5.41) is 222. The number of hydrogen-bond acceptors (Lipinski definition) is 33. The summed E-state index contributed by atoms with van der Waals surface area (Å²) in [6.07, 6.45) is -43.6. The van der Waals surface area contributed by atoms with E-state index in [-0.39, 0.29) is 25.2 Å². The van der Waals surface area contributed by atoms with Crippen molar-refractivity contribution < 1.29 is 164 Å². The molecule has 96 heavy (non-hydrogen) atoms. The first kappa shape index (κ1) is 75.1. The lowest BCUT2D eigenvalue weighted by Gasteiger charge is -2.72. The van der Waals surface area contributed by atoms with Gasteiger partial charge in [-0.2, -0.15) is 0 Å². The van der Waals surface area contributed by atoms with Crippen molar-refractivity contribution in [2.45, 2.75) is 271 Å². The van der Waals surface area contributed by atoms with Gasteiger partial charge in [0.05, 0.1) is 77.3 Å². The number of rotatable bonds is 17. The molecule has 0 radical (unpaired) electrons. The second-order valence-corrected chi connectivity index (χ2v) is 30.7. The highest BCUT2D eigenvalue weighted by atomic mass is 16.8. The van der Waals surface area contributed by atoms with E-state index in [1.807, 2.05) is 6.92 Å². The third-order valence-corrected chi connectivity index (χ3v) is 24.7. The average Bonchev–Trinajstić information content (AvgIpc) is 0.691. The van der Waals surface area contributed by atoms with Crippen molar-refractivity contribution in [3.63, 3.8) is 0 Å². The van der Waals surface area contributed by atoms with Crippen LogP contribution >= 0.6 is 0 Å². The summed E-state index contributed by atoms with van der Waals surface area (Å²) in [7, 11) is 0. The molecule has 33 heteroatoms. The maximum Gasteiger partial charge on any atom is 0.317 e. The van der Waals surface area contributed by atoms with Gasteiger partial charge in [-0.15, -0.1) is 0 Å². The molecule has 11 aliphatic rings. The van der Waals surface area contributed by atoms with E-state index in [0.29, 0.717) is 32.1 Å². The van der Waals surface area contributed by atoms with Crippen LogP contribution in [0.5, 0.6) is 0 Å². The second-order valence-electron chi connectivity index (χ2n) is 30.7. The minimum atomic E-state index is -2.09. The molecule has 4 saturated carbocycles. The summed E-state index contributed by atoms with van der Waals surface area (Å²) in [5.41, 5.74) is -7.41. The Morgan fingerprint density at radius 2 is 1.11 bits per heavy atom. The average molecular weight is 1390 g/mol. The highest BCUT2D eigenvalue weighted by Crippen LogP contribution is 2.76. The van der Waals surface area contributed by atoms with Crippen LogP contribution in [0, 0.1) is 50.2 Å². The van der Waals surface area contributed by atoms with Crippen LogP contribution < -0.4 is 0 Å². The number of ether oxygens (including phenoxy) is 12. The van der Waals surface area contributed by atoms with E-state index in [0.717, 1.165) is 5.57 Å². The summed E-state index contributed by atoms with van der Waals surface area (Å²) in [5.74, 6) is -2.53. The fourth-order valence-corrected chi connectivity index (χ4v) is 18.9. The number of fused-ring (bicyclic) bond motifs is 7. The van der Waals surface area contributed by atoms with Gasteiger partial charge in [-0.25, -0.2) is 0 Å². The summed E-state index contributed by atoms with van der Waals surface area (Å²) >= 11 is 0. The molecule has 6 aliphatic heterocycles. The van der Waals surface area contributed by atoms with Gasteiger partial charge < -0.3 is 159 Å². The Balaban J connectivity index is 0.804. The van der Waals surface area contributed by atoms with Gasteiger partial charge in [0.25, 0.3) is 0 Å². The molecule has 20 N–H and O–H groups in total. The molecule has 5 aliphatic carbocycles. The van der Waals surface area contributed by atoms with Crippen LogP contribution in [-0.4, -0.2) is 339 Å². The fourth-order valence-electron chi connectivity index (χ4n) is 18.9. The molecular weight excluding hydrogens is 1280 g/mol. The van der Waals surface area contributed by atoms with Crippen LogP contribution in [0.1, 0.15) is 92.9 Å². The zero-order chi connectivity index (χ0) is 70.1. The Bertz CT molecular complexity index is 2710. The van der Waals surface area contributed by atoms with Crippen LogP contribution in [0.3, 0.4) is 0 Å². The third-order valence-electron chi connectivity index (χ3n) is 24.7. The molecule has 0 aromatic heterocycles. The topological polar surface area (TPSA) is 532 Å². The largest absolute Gasteiger partial charge is 0.432 e. The standard InChI is InChI=1S/C63H102O33/c1-24-44(91-50-42(80)45(29(71)19-85-50)92-55-48(82)62(84,22-68)23-87-55)39(77)41(79)51(88-24)94-47-35(73)28(70)18-86-54(47)96-56(83)63-12-11-57(2,3)13-26(63)25-7-8-32-58(4)14-27(69)49(61(20-66,21-67)33(58)9-10-59(32,5)60(25,6)15-34(63)72)95-53-43(81)46(37(75)31(17-65)90-53)93-52-40(78)38(76)36(74)30(16-64)89-52/h7,24,26-55,64-82,84H,8-23H2,1-6H3/t24-,26-,27-,28-,29+,30+,31+,32+,33-,34+,35-,36+,37+,38-,39-,40+,41+,42+,43+,44-,45-,46-,47+,48-,49-,50-,51-,52-,53-,54-,55-,58+,59+,60+,62+,63+/m0/s1. The van der Waals surface area contributed by atoms with Gasteiger partial charge in [0.15, 0.2) is 37.6 Å². The predicted octanol–water partition coefficient (Wildman–Crippen LogP) is -7.55. The first-order chi connectivity index (χ1) is 45.1. The van der Waals surface area contributed by atoms with E-state index in [2.05, 4.69) is 33.8 Å². The van der Waals surface area contributed by atoms with Crippen molar-refractivity contribution in [3.05, 3.63) is 11.6 Å². The maximum atomic E-state index is 15.6. The lowest BCUT2D eigenvalue weighted by molar-refractivity contribution is -0.377. The zero-order valence-electron chi connectivity index (χ0n) is 54.5. The van der Waals surface area contributed by atoms with E-state index in [1.165, 1.54) is 6.92 Å². The fraction of sp³-hybridized carbons (Fsp3) is 0.952. The van der Waals surface area contributed by atoms with Crippen molar-refractivity contribution in [2.24, 2.45) is 50.2 Å². The Labute approximate surface area is 553 Å². The number of aliphatic hydroxyl groups is 20. The Hall–Kier alpha value is -2.03. The summed E-state index contributed by atoms with van der Waals surface area (Å²) in [6, 6.07) is 0. The number of hydrogen-bond donors (Lipinski definition) is 20. The molecule has 10 fully saturated rings. The molecule has 0 amide bonds. The maximum absolute atomic E-state index is 15.6. The first-order valence-electron chi connectivity index (χ1n) is 33.4. The van der Waals surface area contributed by atoms with Crippen LogP contribution in [-0.2, 0) is 61.6 Å². The van der Waals surface area contributed by atoms with Crippen molar-refractivity contribution in [3.8, 4) is 0 Å². The minimum absolute atomic E-state index is 0.00569. The lowest BCUT2D eigenvalue weighted by atomic mass is 9.33. The first-order valence-corrected chi connectivity index (χ1v) is 33.4. The van der Waals surface area contributed by atoms with Crippen molar-refractivity contribution in [2.75, 3.05) is 52.9 Å². The highest BCUT2D eigenvalue weighted by molar-refractivity contribution is 5.80. The smallest absolute Gasteiger partial charge is 0.317 e. The van der Waals surface area contributed by atoms with Gasteiger partial charge in [-0.3, -0.25) is 4.79 Å². The van der Waals surface area contributed by atoms with Crippen molar-refractivity contribution in [1.29, 1.82) is 0 Å². The van der Waals surface area contributed by atoms with E-state index in [9.17, 15) is 102 Å². The SMILES string of the molecule is C[C@@H]1O[C@@H](O[C@H]2[C@H](OC(=O)[C@]34CCC(C)(C)C[C@H]3C3=CC[C@@H]5[C@@]6(C)C[C@H](O)[C@H](O[C@@H]7O[C@H](CO)[C@@H](O)[C@H](O[C@@H]8O[C@H](CO)[C@@H](O)[C@H](O)[C@H]8O)[C@H]7O)C(CO)(CO)[C@H]6CC[C@@]5(C)[C@]3(C)C[C@H]4O)OC[C@H](O)[C@@H]2O)[C@H](O)[C@H](O)[C@H]1O[C@@H]1OC[C@@H](O)[C@H](O[C@@H]2OC[C@](O)(CO)[C@H]2O)[C@H]1O. The molecule has 36 atom stereocenters. The molecule has 6 heterocycles. The molecule has 0 aromatic rings. The van der Waals surface area contributed by atoms with Crippen LogP contribution in [0.15, 0.2) is 11.6 Å². The number of aliphatic hydroxyl groups excluding tert-OH is 19. The monoisotopic (exact) mass is 1390 g/mol. The van der Waals surface area contributed by atoms with E-state index >= 15 is 4.79 Å². The predicted molar refractivity (Wildman–Crippen MR) is 314 cm³/mol. The molecule has 0 spiro atoms.